The Morgan fingerprint density at radius 1 is 0.816 bits per heavy atom. The molecule has 204 valence electrons. The zero-order valence-electron chi connectivity index (χ0n) is 25.1. The maximum Gasteiger partial charge on any atom is 0.123 e. The number of rotatable bonds is 9. The van der Waals surface area contributed by atoms with E-state index in [0.29, 0.717) is 14.3 Å². The molecule has 2 atom stereocenters. The lowest BCUT2D eigenvalue weighted by Crippen LogP contribution is -2.25. The van der Waals surface area contributed by atoms with Crippen molar-refractivity contribution in [1.29, 1.82) is 0 Å². The maximum absolute atomic E-state index is 11.8. The van der Waals surface area contributed by atoms with Gasteiger partial charge in [0.1, 0.15) is 5.75 Å². The van der Waals surface area contributed by atoms with Gasteiger partial charge in [0, 0.05) is 22.5 Å². The van der Waals surface area contributed by atoms with Crippen molar-refractivity contribution in [3.63, 3.8) is 0 Å². The Morgan fingerprint density at radius 2 is 1.47 bits per heavy atom. The predicted molar refractivity (Wildman–Crippen MR) is 170 cm³/mol. The summed E-state index contributed by atoms with van der Waals surface area (Å²) in [5, 5.41) is 12.9. The zero-order chi connectivity index (χ0) is 28.1. The van der Waals surface area contributed by atoms with Crippen LogP contribution >= 0.6 is 8.58 Å². The smallest absolute Gasteiger partial charge is 0.123 e. The van der Waals surface area contributed by atoms with Gasteiger partial charge in [-0.3, -0.25) is 4.99 Å². The van der Waals surface area contributed by atoms with E-state index in [2.05, 4.69) is 92.6 Å². The molecular formula is C35H48NOP. The normalized spacial score (nSPS) is 14.4. The van der Waals surface area contributed by atoms with Gasteiger partial charge in [-0.05, 0) is 58.8 Å². The van der Waals surface area contributed by atoms with E-state index in [9.17, 15) is 5.11 Å². The van der Waals surface area contributed by atoms with Crippen molar-refractivity contribution in [2.24, 2.45) is 4.99 Å². The summed E-state index contributed by atoms with van der Waals surface area (Å²) in [5.74, 6) is 0.476. The van der Waals surface area contributed by atoms with E-state index in [1.165, 1.54) is 29.3 Å². The fourth-order valence-corrected chi connectivity index (χ4v) is 6.58. The maximum atomic E-state index is 11.8. The number of hydrogen-bond donors (Lipinski definition) is 1. The minimum absolute atomic E-state index is 0.00670. The number of unbranched alkanes of at least 4 members (excludes halogenated alkanes) is 2. The van der Waals surface area contributed by atoms with Crippen LogP contribution in [0.1, 0.15) is 109 Å². The highest BCUT2D eigenvalue weighted by atomic mass is 31.1. The largest absolute Gasteiger partial charge is 0.507 e. The Balaban J connectivity index is 2.17. The summed E-state index contributed by atoms with van der Waals surface area (Å²) >= 11 is 0. The highest BCUT2D eigenvalue weighted by molar-refractivity contribution is 7.48. The molecule has 0 saturated heterocycles. The summed E-state index contributed by atoms with van der Waals surface area (Å²) in [6.07, 6.45) is 6.57. The minimum atomic E-state index is -0.189. The second kappa shape index (κ2) is 12.2. The second-order valence-electron chi connectivity index (χ2n) is 13.0. The SMILES string of the molecule is CCCCCC(C)(Pc1ccc(C)cc1C=Nc1ccccc1)c1cc(C(C)(C)C)cc(C(C)(C)C)c1O. The molecule has 0 fully saturated rings. The lowest BCUT2D eigenvalue weighted by Gasteiger charge is -2.36. The zero-order valence-corrected chi connectivity index (χ0v) is 26.1. The molecule has 3 aromatic rings. The molecule has 0 heterocycles. The molecule has 2 unspecified atom stereocenters. The molecular weight excluding hydrogens is 481 g/mol. The van der Waals surface area contributed by atoms with Gasteiger partial charge in [0.25, 0.3) is 0 Å². The van der Waals surface area contributed by atoms with Crippen LogP contribution in [0, 0.1) is 6.92 Å². The number of phenolic OH excluding ortho intramolecular Hbond substituents is 1. The Bertz CT molecular complexity index is 1250. The summed E-state index contributed by atoms with van der Waals surface area (Å²) in [4.78, 5) is 4.80. The number of para-hydroxylation sites is 1. The van der Waals surface area contributed by atoms with Crippen molar-refractivity contribution >= 4 is 25.8 Å². The van der Waals surface area contributed by atoms with Crippen molar-refractivity contribution in [2.45, 2.75) is 104 Å². The van der Waals surface area contributed by atoms with Gasteiger partial charge in [0.2, 0.25) is 0 Å². The number of nitrogens with zero attached hydrogens (tertiary/aromatic N) is 1. The van der Waals surface area contributed by atoms with E-state index < -0.39 is 0 Å². The van der Waals surface area contributed by atoms with Crippen LogP contribution in [0.5, 0.6) is 5.75 Å². The quantitative estimate of drug-likeness (QED) is 0.167. The van der Waals surface area contributed by atoms with Crippen molar-refractivity contribution < 1.29 is 5.11 Å². The van der Waals surface area contributed by atoms with E-state index >= 15 is 0 Å². The van der Waals surface area contributed by atoms with Crippen LogP contribution in [0.2, 0.25) is 0 Å². The van der Waals surface area contributed by atoms with Crippen LogP contribution in [0.4, 0.5) is 5.69 Å². The number of benzene rings is 3. The first-order valence-electron chi connectivity index (χ1n) is 14.1. The lowest BCUT2D eigenvalue weighted by atomic mass is 9.77. The number of aryl methyl sites for hydroxylation is 1. The van der Waals surface area contributed by atoms with Crippen LogP contribution in [0.3, 0.4) is 0 Å². The molecule has 0 radical (unpaired) electrons. The second-order valence-corrected chi connectivity index (χ2v) is 14.9. The van der Waals surface area contributed by atoms with Gasteiger partial charge >= 0.3 is 0 Å². The summed E-state index contributed by atoms with van der Waals surface area (Å²) in [7, 11) is 0.505. The highest BCUT2D eigenvalue weighted by Gasteiger charge is 2.34. The Hall–Kier alpha value is -2.44. The van der Waals surface area contributed by atoms with Crippen LogP contribution in [0.15, 0.2) is 65.7 Å². The van der Waals surface area contributed by atoms with E-state index in [0.717, 1.165) is 35.2 Å². The van der Waals surface area contributed by atoms with Crippen molar-refractivity contribution in [2.75, 3.05) is 0 Å². The molecule has 1 N–H and O–H groups in total. The number of hydrogen-bond acceptors (Lipinski definition) is 2. The van der Waals surface area contributed by atoms with Crippen LogP contribution < -0.4 is 5.30 Å². The molecule has 3 rings (SSSR count). The van der Waals surface area contributed by atoms with E-state index in [1.54, 1.807) is 0 Å². The Morgan fingerprint density at radius 3 is 2.08 bits per heavy atom. The average Bonchev–Trinajstić information content (AvgIpc) is 2.83. The van der Waals surface area contributed by atoms with Gasteiger partial charge in [-0.15, -0.1) is 0 Å². The van der Waals surface area contributed by atoms with Gasteiger partial charge in [0.05, 0.1) is 5.69 Å². The predicted octanol–water partition coefficient (Wildman–Crippen LogP) is 9.85. The molecule has 0 spiro atoms. The molecule has 0 aliphatic heterocycles. The third kappa shape index (κ3) is 7.57. The minimum Gasteiger partial charge on any atom is -0.507 e. The van der Waals surface area contributed by atoms with Crippen molar-refractivity contribution in [3.8, 4) is 5.75 Å². The molecule has 3 heteroatoms. The van der Waals surface area contributed by atoms with E-state index in [-0.39, 0.29) is 16.0 Å². The number of phenols is 1. The third-order valence-corrected chi connectivity index (χ3v) is 9.18. The molecule has 3 aromatic carbocycles. The third-order valence-electron chi connectivity index (χ3n) is 7.39. The van der Waals surface area contributed by atoms with Crippen molar-refractivity contribution in [1.82, 2.24) is 0 Å². The number of aliphatic imine (C=N–C) groups is 1. The van der Waals surface area contributed by atoms with E-state index in [1.807, 2.05) is 36.5 Å². The molecule has 2 nitrogen and oxygen atoms in total. The Labute approximate surface area is 233 Å². The van der Waals surface area contributed by atoms with Crippen LogP contribution in [-0.4, -0.2) is 11.3 Å². The van der Waals surface area contributed by atoms with E-state index in [4.69, 9.17) is 4.99 Å². The monoisotopic (exact) mass is 529 g/mol. The first kappa shape index (κ1) is 30.1. The van der Waals surface area contributed by atoms with Gasteiger partial charge in [-0.2, -0.15) is 0 Å². The summed E-state index contributed by atoms with van der Waals surface area (Å²) in [6.45, 7) is 20.2. The van der Waals surface area contributed by atoms with Gasteiger partial charge in [-0.25, -0.2) is 0 Å². The fourth-order valence-electron chi connectivity index (χ4n) is 4.91. The molecule has 0 aliphatic carbocycles. The summed E-state index contributed by atoms with van der Waals surface area (Å²) in [6, 6.07) is 21.4. The van der Waals surface area contributed by atoms with Gasteiger partial charge in [0.15, 0.2) is 0 Å². The molecule has 0 bridgehead atoms. The van der Waals surface area contributed by atoms with Crippen LogP contribution in [-0.2, 0) is 16.0 Å². The molecule has 0 amide bonds. The first-order chi connectivity index (χ1) is 17.7. The molecule has 0 aromatic heterocycles. The first-order valence-corrected chi connectivity index (χ1v) is 15.1. The molecule has 0 aliphatic rings. The number of aromatic hydroxyl groups is 1. The topological polar surface area (TPSA) is 32.6 Å². The molecule has 0 saturated carbocycles. The average molecular weight is 530 g/mol. The standard InChI is InChI=1S/C35H48NOP/c1-10-11-15-20-35(9,30-23-27(33(3,4)5)22-29(32(30)37)34(6,7)8)38-31-19-18-25(2)21-26(31)24-36-28-16-13-12-14-17-28/h12-14,16-19,21-24,37-38H,10-11,15,20H2,1-9H3. The summed E-state index contributed by atoms with van der Waals surface area (Å²) in [5.41, 5.74) is 6.62. The van der Waals surface area contributed by atoms with Crippen molar-refractivity contribution in [3.05, 3.63) is 88.5 Å². The van der Waals surface area contributed by atoms with Crippen LogP contribution in [0.25, 0.3) is 0 Å². The molecule has 38 heavy (non-hydrogen) atoms. The lowest BCUT2D eigenvalue weighted by molar-refractivity contribution is 0.424. The summed E-state index contributed by atoms with van der Waals surface area (Å²) < 4.78 is 0. The van der Waals surface area contributed by atoms with Gasteiger partial charge in [-0.1, -0.05) is 131 Å². The fraction of sp³-hybridized carbons (Fsp3) is 0.457. The van der Waals surface area contributed by atoms with Gasteiger partial charge < -0.3 is 5.11 Å². The highest BCUT2D eigenvalue weighted by Crippen LogP contribution is 2.51. The Kier molecular flexibility index (Phi) is 9.64.